The molecule has 2 nitrogen and oxygen atoms in total. The van der Waals surface area contributed by atoms with Crippen molar-refractivity contribution in [1.29, 1.82) is 0 Å². The van der Waals surface area contributed by atoms with Gasteiger partial charge in [0.2, 0.25) is 0 Å². The summed E-state index contributed by atoms with van der Waals surface area (Å²) in [6.07, 6.45) is 5.36. The van der Waals surface area contributed by atoms with Crippen LogP contribution in [0.1, 0.15) is 17.9 Å². The molecule has 0 amide bonds. The highest BCUT2D eigenvalue weighted by Gasteiger charge is 2.16. The first-order valence-electron chi connectivity index (χ1n) is 5.86. The maximum atomic E-state index is 6.07. The second kappa shape index (κ2) is 4.45. The molecule has 2 aromatic rings. The minimum absolute atomic E-state index is 0.563. The molecule has 0 fully saturated rings. The van der Waals surface area contributed by atoms with Crippen molar-refractivity contribution in [2.45, 2.75) is 19.9 Å². The van der Waals surface area contributed by atoms with Gasteiger partial charge in [-0.25, -0.2) is 4.98 Å². The molecule has 0 atom stereocenters. The van der Waals surface area contributed by atoms with Crippen LogP contribution < -0.4 is 0 Å². The topological polar surface area (TPSA) is 17.8 Å². The molecule has 0 aliphatic carbocycles. The van der Waals surface area contributed by atoms with E-state index in [0.29, 0.717) is 10.0 Å². The average molecular weight is 279 g/mol. The minimum Gasteiger partial charge on any atom is -0.328 e. The van der Waals surface area contributed by atoms with Crippen molar-refractivity contribution < 1.29 is 0 Å². The molecule has 0 bridgehead atoms. The fourth-order valence-corrected chi connectivity index (χ4v) is 2.59. The third-order valence-electron chi connectivity index (χ3n) is 3.19. The van der Waals surface area contributed by atoms with E-state index in [1.807, 2.05) is 25.1 Å². The van der Waals surface area contributed by atoms with Gasteiger partial charge in [0.15, 0.2) is 0 Å². The van der Waals surface area contributed by atoms with Gasteiger partial charge in [0.05, 0.1) is 21.4 Å². The van der Waals surface area contributed by atoms with E-state index in [-0.39, 0.29) is 0 Å². The summed E-state index contributed by atoms with van der Waals surface area (Å²) >= 11 is 12.0. The summed E-state index contributed by atoms with van der Waals surface area (Å²) in [5, 5.41) is 1.13. The number of fused-ring (bicyclic) bond motifs is 1. The number of hydrogen-bond acceptors (Lipinski definition) is 1. The van der Waals surface area contributed by atoms with E-state index < -0.39 is 0 Å². The molecule has 0 saturated carbocycles. The van der Waals surface area contributed by atoms with Crippen LogP contribution in [0.15, 0.2) is 24.3 Å². The van der Waals surface area contributed by atoms with E-state index in [2.05, 4.69) is 21.7 Å². The molecule has 0 radical (unpaired) electrons. The molecule has 18 heavy (non-hydrogen) atoms. The first kappa shape index (κ1) is 11.8. The highest BCUT2D eigenvalue weighted by atomic mass is 35.5. The molecule has 1 aromatic heterocycles. The fourth-order valence-electron chi connectivity index (χ4n) is 2.29. The maximum Gasteiger partial charge on any atom is 0.106 e. The van der Waals surface area contributed by atoms with Gasteiger partial charge in [-0.2, -0.15) is 0 Å². The number of rotatable bonds is 1. The van der Waals surface area contributed by atoms with Gasteiger partial charge in [0, 0.05) is 12.1 Å². The van der Waals surface area contributed by atoms with Crippen LogP contribution >= 0.6 is 23.2 Å². The van der Waals surface area contributed by atoms with Crippen molar-refractivity contribution in [3.63, 3.8) is 0 Å². The van der Waals surface area contributed by atoms with Crippen molar-refractivity contribution in [1.82, 2.24) is 9.55 Å². The molecular weight excluding hydrogens is 267 g/mol. The number of hydrogen-bond donors (Lipinski definition) is 0. The van der Waals surface area contributed by atoms with Crippen LogP contribution in [0.4, 0.5) is 0 Å². The molecule has 0 unspecified atom stereocenters. The zero-order valence-corrected chi connectivity index (χ0v) is 11.5. The van der Waals surface area contributed by atoms with E-state index in [9.17, 15) is 0 Å². The van der Waals surface area contributed by atoms with Gasteiger partial charge >= 0.3 is 0 Å². The number of aryl methyl sites for hydroxylation is 1. The lowest BCUT2D eigenvalue weighted by Gasteiger charge is -2.11. The Kier molecular flexibility index (Phi) is 2.92. The summed E-state index contributed by atoms with van der Waals surface area (Å²) in [6.45, 7) is 3.02. The number of imidazole rings is 1. The van der Waals surface area contributed by atoms with Crippen molar-refractivity contribution in [2.24, 2.45) is 0 Å². The Morgan fingerprint density at radius 3 is 2.83 bits per heavy atom. The van der Waals surface area contributed by atoms with Crippen LogP contribution in [-0.2, 0) is 6.54 Å². The summed E-state index contributed by atoms with van der Waals surface area (Å²) < 4.78 is 2.23. The van der Waals surface area contributed by atoms with Gasteiger partial charge in [-0.05, 0) is 31.6 Å². The van der Waals surface area contributed by atoms with Crippen LogP contribution in [0.3, 0.4) is 0 Å². The Labute approximate surface area is 116 Å². The molecule has 1 aromatic carbocycles. The van der Waals surface area contributed by atoms with E-state index in [0.717, 1.165) is 35.7 Å². The Hall–Kier alpha value is -1.25. The fraction of sp³-hybridized carbons (Fsp3) is 0.214. The van der Waals surface area contributed by atoms with E-state index in [4.69, 9.17) is 23.2 Å². The first-order valence-corrected chi connectivity index (χ1v) is 6.61. The lowest BCUT2D eigenvalue weighted by Crippen LogP contribution is -2.05. The molecular formula is C14H12Cl2N2. The number of benzene rings is 1. The van der Waals surface area contributed by atoms with E-state index in [1.54, 1.807) is 0 Å². The van der Waals surface area contributed by atoms with Crippen LogP contribution in [0, 0.1) is 6.92 Å². The van der Waals surface area contributed by atoms with Crippen LogP contribution in [0.25, 0.3) is 17.3 Å². The Morgan fingerprint density at radius 2 is 2.06 bits per heavy atom. The Morgan fingerprint density at radius 1 is 1.22 bits per heavy atom. The van der Waals surface area contributed by atoms with Crippen LogP contribution in [-0.4, -0.2) is 9.55 Å². The number of halogens is 2. The molecule has 3 rings (SSSR count). The van der Waals surface area contributed by atoms with E-state index >= 15 is 0 Å². The highest BCUT2D eigenvalue weighted by molar-refractivity contribution is 6.42. The standard InChI is InChI=1S/C14H12Cl2N2/c1-9-17-14(13-4-2-3-7-18(9)13)10-5-6-11(15)12(16)8-10/h2,4-6,8H,3,7H2,1H3. The molecule has 2 heterocycles. The summed E-state index contributed by atoms with van der Waals surface area (Å²) in [5.74, 6) is 1.04. The van der Waals surface area contributed by atoms with Crippen molar-refractivity contribution >= 4 is 29.3 Å². The predicted octanol–water partition coefficient (Wildman–Crippen LogP) is 4.58. The zero-order chi connectivity index (χ0) is 12.7. The molecule has 4 heteroatoms. The molecule has 0 spiro atoms. The van der Waals surface area contributed by atoms with Gasteiger partial charge in [-0.1, -0.05) is 35.3 Å². The lowest BCUT2D eigenvalue weighted by atomic mass is 10.1. The lowest BCUT2D eigenvalue weighted by molar-refractivity contribution is 0.669. The predicted molar refractivity (Wildman–Crippen MR) is 76.1 cm³/mol. The van der Waals surface area contributed by atoms with Gasteiger partial charge in [0.1, 0.15) is 5.82 Å². The highest BCUT2D eigenvalue weighted by Crippen LogP contribution is 2.32. The first-order chi connectivity index (χ1) is 8.66. The third-order valence-corrected chi connectivity index (χ3v) is 3.92. The van der Waals surface area contributed by atoms with Gasteiger partial charge in [-0.3, -0.25) is 0 Å². The van der Waals surface area contributed by atoms with Crippen molar-refractivity contribution in [3.05, 3.63) is 45.8 Å². The smallest absolute Gasteiger partial charge is 0.106 e. The second-order valence-corrected chi connectivity index (χ2v) is 5.18. The molecule has 92 valence electrons. The third kappa shape index (κ3) is 1.86. The molecule has 1 aliphatic rings. The quantitative estimate of drug-likeness (QED) is 0.747. The van der Waals surface area contributed by atoms with Crippen molar-refractivity contribution in [3.8, 4) is 11.3 Å². The monoisotopic (exact) mass is 278 g/mol. The number of nitrogens with zero attached hydrogens (tertiary/aromatic N) is 2. The van der Waals surface area contributed by atoms with Gasteiger partial charge in [-0.15, -0.1) is 0 Å². The molecule has 0 saturated heterocycles. The Balaban J connectivity index is 2.18. The molecule has 0 N–H and O–H groups in total. The van der Waals surface area contributed by atoms with E-state index in [1.165, 1.54) is 0 Å². The van der Waals surface area contributed by atoms with Crippen LogP contribution in [0.2, 0.25) is 10.0 Å². The maximum absolute atomic E-state index is 6.07. The summed E-state index contributed by atoms with van der Waals surface area (Å²) in [4.78, 5) is 4.64. The number of allylic oxidation sites excluding steroid dienone is 1. The van der Waals surface area contributed by atoms with Gasteiger partial charge < -0.3 is 4.57 Å². The number of aromatic nitrogens is 2. The minimum atomic E-state index is 0.563. The molecule has 1 aliphatic heterocycles. The average Bonchev–Trinajstić information content (AvgIpc) is 2.71. The summed E-state index contributed by atoms with van der Waals surface area (Å²) in [5.41, 5.74) is 3.13. The SMILES string of the molecule is Cc1nc(-c2ccc(Cl)c(Cl)c2)c2n1CCC=C2. The zero-order valence-electron chi connectivity index (χ0n) is 9.95. The Bertz CT molecular complexity index is 641. The largest absolute Gasteiger partial charge is 0.328 e. The normalized spacial score (nSPS) is 13.7. The van der Waals surface area contributed by atoms with Crippen molar-refractivity contribution in [2.75, 3.05) is 0 Å². The van der Waals surface area contributed by atoms with Gasteiger partial charge in [0.25, 0.3) is 0 Å². The summed E-state index contributed by atoms with van der Waals surface area (Å²) in [6, 6.07) is 5.64. The second-order valence-electron chi connectivity index (χ2n) is 4.36. The summed E-state index contributed by atoms with van der Waals surface area (Å²) in [7, 11) is 0. The van der Waals surface area contributed by atoms with Crippen LogP contribution in [0.5, 0.6) is 0 Å².